The fourth-order valence-electron chi connectivity index (χ4n) is 3.61. The van der Waals surface area contributed by atoms with Crippen molar-refractivity contribution in [2.75, 3.05) is 0 Å². The van der Waals surface area contributed by atoms with Gasteiger partial charge < -0.3 is 9.88 Å². The molecule has 2 aromatic rings. The topological polar surface area (TPSA) is 64.7 Å². The summed E-state index contributed by atoms with van der Waals surface area (Å²) in [5.41, 5.74) is 2.58. The van der Waals surface area contributed by atoms with Crippen LogP contribution in [0.2, 0.25) is 0 Å². The molecule has 1 N–H and O–H groups in total. The van der Waals surface area contributed by atoms with Crippen molar-refractivity contribution in [2.45, 2.75) is 77.4 Å². The van der Waals surface area contributed by atoms with Gasteiger partial charge in [-0.05, 0) is 53.0 Å². The number of nitrogens with zero attached hydrogens (tertiary/aromatic N) is 4. The van der Waals surface area contributed by atoms with Gasteiger partial charge in [-0.25, -0.2) is 4.98 Å². The minimum atomic E-state index is -0.207. The fraction of sp³-hybridized carbons (Fsp3) is 0.632. The number of hydrogen-bond acceptors (Lipinski definition) is 3. The van der Waals surface area contributed by atoms with Crippen molar-refractivity contribution >= 4 is 5.91 Å². The van der Waals surface area contributed by atoms with Crippen LogP contribution in [-0.4, -0.2) is 31.3 Å². The Labute approximate surface area is 148 Å². The number of aryl methyl sites for hydroxylation is 2. The zero-order chi connectivity index (χ0) is 17.8. The molecule has 0 aromatic carbocycles. The average Bonchev–Trinajstić information content (AvgIpc) is 3.15. The maximum absolute atomic E-state index is 13.0. The lowest BCUT2D eigenvalue weighted by Gasteiger charge is -2.26. The first kappa shape index (κ1) is 16.4. The first-order valence-corrected chi connectivity index (χ1v) is 9.25. The molecule has 1 aliphatic carbocycles. The van der Waals surface area contributed by atoms with Gasteiger partial charge in [0.05, 0.1) is 16.9 Å². The molecule has 4 rings (SSSR count). The Bertz CT molecular complexity index is 806. The summed E-state index contributed by atoms with van der Waals surface area (Å²) in [6.45, 7) is 9.08. The van der Waals surface area contributed by atoms with Gasteiger partial charge in [-0.3, -0.25) is 9.48 Å². The predicted octanol–water partition coefficient (Wildman–Crippen LogP) is 2.77. The van der Waals surface area contributed by atoms with E-state index in [1.54, 1.807) is 0 Å². The van der Waals surface area contributed by atoms with E-state index in [2.05, 4.69) is 41.8 Å². The van der Waals surface area contributed by atoms with Crippen LogP contribution in [0.15, 0.2) is 12.3 Å². The summed E-state index contributed by atoms with van der Waals surface area (Å²) in [5.74, 6) is 1.65. The minimum Gasteiger partial charge on any atom is -0.346 e. The number of fused-ring (bicyclic) bond motifs is 1. The van der Waals surface area contributed by atoms with E-state index >= 15 is 0 Å². The quantitative estimate of drug-likeness (QED) is 0.933. The Morgan fingerprint density at radius 2 is 2.04 bits per heavy atom. The minimum absolute atomic E-state index is 0.0142. The molecule has 1 aliphatic heterocycles. The van der Waals surface area contributed by atoms with Crippen LogP contribution in [-0.2, 0) is 18.5 Å². The van der Waals surface area contributed by atoms with Crippen molar-refractivity contribution in [2.24, 2.45) is 0 Å². The van der Waals surface area contributed by atoms with Crippen LogP contribution in [0.25, 0.3) is 0 Å². The van der Waals surface area contributed by atoms with Crippen molar-refractivity contribution in [3.8, 4) is 0 Å². The van der Waals surface area contributed by atoms with E-state index in [0.29, 0.717) is 11.6 Å². The second kappa shape index (κ2) is 5.71. The van der Waals surface area contributed by atoms with Crippen molar-refractivity contribution in [3.63, 3.8) is 0 Å². The number of imidazole rings is 1. The Balaban J connectivity index is 1.53. The molecular weight excluding hydrogens is 314 g/mol. The van der Waals surface area contributed by atoms with Crippen LogP contribution in [0, 0.1) is 6.92 Å². The second-order valence-corrected chi connectivity index (χ2v) is 8.47. The van der Waals surface area contributed by atoms with Gasteiger partial charge in [-0.1, -0.05) is 0 Å². The highest BCUT2D eigenvalue weighted by Gasteiger charge is 2.32. The average molecular weight is 341 g/mol. The summed E-state index contributed by atoms with van der Waals surface area (Å²) in [6, 6.07) is 2.13. The number of nitrogens with one attached hydrogen (secondary N) is 1. The second-order valence-electron chi connectivity index (χ2n) is 8.47. The first-order chi connectivity index (χ1) is 11.8. The molecule has 1 saturated carbocycles. The van der Waals surface area contributed by atoms with Gasteiger partial charge in [0.1, 0.15) is 11.5 Å². The van der Waals surface area contributed by atoms with Crippen molar-refractivity contribution in [1.29, 1.82) is 0 Å². The van der Waals surface area contributed by atoms with E-state index < -0.39 is 0 Å². The van der Waals surface area contributed by atoms with E-state index in [9.17, 15) is 4.79 Å². The zero-order valence-corrected chi connectivity index (χ0v) is 15.5. The molecule has 1 unspecified atom stereocenters. The molecule has 0 bridgehead atoms. The molecule has 1 fully saturated rings. The molecule has 3 heterocycles. The maximum Gasteiger partial charge on any atom is 0.269 e. The van der Waals surface area contributed by atoms with Gasteiger partial charge in [0.15, 0.2) is 0 Å². The van der Waals surface area contributed by atoms with Gasteiger partial charge in [0, 0.05) is 31.1 Å². The van der Waals surface area contributed by atoms with Gasteiger partial charge >= 0.3 is 0 Å². The van der Waals surface area contributed by atoms with Crippen molar-refractivity contribution in [3.05, 3.63) is 35.2 Å². The highest BCUT2D eigenvalue weighted by atomic mass is 16.2. The van der Waals surface area contributed by atoms with Gasteiger partial charge in [-0.15, -0.1) is 0 Å². The summed E-state index contributed by atoms with van der Waals surface area (Å²) in [7, 11) is 0. The smallest absolute Gasteiger partial charge is 0.269 e. The molecule has 6 heteroatoms. The zero-order valence-electron chi connectivity index (χ0n) is 15.5. The summed E-state index contributed by atoms with van der Waals surface area (Å²) < 4.78 is 4.06. The largest absolute Gasteiger partial charge is 0.346 e. The number of carbonyl (C=O) groups is 1. The molecule has 25 heavy (non-hydrogen) atoms. The monoisotopic (exact) mass is 341 g/mol. The van der Waals surface area contributed by atoms with Crippen LogP contribution >= 0.6 is 0 Å². The summed E-state index contributed by atoms with van der Waals surface area (Å²) in [5, 5.41) is 7.96. The standard InChI is InChI=1S/C19H27N5O/c1-12-10-23-11-14(7-8-17(23)20-12)21-18(25)16-9-15(13-5-6-13)22-24(16)19(2,3)4/h9-10,13-14H,5-8,11H2,1-4H3,(H,21,25). The third kappa shape index (κ3) is 3.22. The van der Waals surface area contributed by atoms with E-state index in [1.165, 1.54) is 12.8 Å². The first-order valence-electron chi connectivity index (χ1n) is 9.25. The van der Waals surface area contributed by atoms with E-state index in [-0.39, 0.29) is 17.5 Å². The molecule has 0 radical (unpaired) electrons. The van der Waals surface area contributed by atoms with Gasteiger partial charge in [0.2, 0.25) is 0 Å². The Morgan fingerprint density at radius 1 is 1.28 bits per heavy atom. The lowest BCUT2D eigenvalue weighted by atomic mass is 10.1. The predicted molar refractivity (Wildman–Crippen MR) is 95.7 cm³/mol. The van der Waals surface area contributed by atoms with E-state index in [4.69, 9.17) is 5.10 Å². The van der Waals surface area contributed by atoms with E-state index in [0.717, 1.165) is 36.6 Å². The highest BCUT2D eigenvalue weighted by molar-refractivity contribution is 5.93. The van der Waals surface area contributed by atoms with Crippen LogP contribution in [0.4, 0.5) is 0 Å². The molecule has 1 atom stereocenters. The normalized spacial score (nSPS) is 20.4. The molecular formula is C19H27N5O. The number of amides is 1. The lowest BCUT2D eigenvalue weighted by molar-refractivity contribution is 0.0909. The third-order valence-electron chi connectivity index (χ3n) is 5.04. The molecule has 134 valence electrons. The molecule has 1 amide bonds. The fourth-order valence-corrected chi connectivity index (χ4v) is 3.61. The van der Waals surface area contributed by atoms with Crippen molar-refractivity contribution < 1.29 is 4.79 Å². The number of aromatic nitrogens is 4. The van der Waals surface area contributed by atoms with Gasteiger partial charge in [-0.2, -0.15) is 5.10 Å². The number of carbonyl (C=O) groups excluding carboxylic acids is 1. The molecule has 2 aliphatic rings. The molecule has 0 spiro atoms. The maximum atomic E-state index is 13.0. The Kier molecular flexibility index (Phi) is 3.74. The molecule has 6 nitrogen and oxygen atoms in total. The van der Waals surface area contributed by atoms with Crippen LogP contribution in [0.3, 0.4) is 0 Å². The SMILES string of the molecule is Cc1cn2c(n1)CCC(NC(=O)c1cc(C3CC3)nn1C(C)(C)C)C2. The van der Waals surface area contributed by atoms with Crippen LogP contribution < -0.4 is 5.32 Å². The van der Waals surface area contributed by atoms with Crippen LogP contribution in [0.5, 0.6) is 0 Å². The highest BCUT2D eigenvalue weighted by Crippen LogP contribution is 2.40. The molecule has 2 aromatic heterocycles. The molecule has 0 saturated heterocycles. The summed E-state index contributed by atoms with van der Waals surface area (Å²) in [6.07, 6.45) is 6.28. The van der Waals surface area contributed by atoms with Gasteiger partial charge in [0.25, 0.3) is 5.91 Å². The van der Waals surface area contributed by atoms with Crippen LogP contribution in [0.1, 0.15) is 73.7 Å². The Morgan fingerprint density at radius 3 is 2.72 bits per heavy atom. The summed E-state index contributed by atoms with van der Waals surface area (Å²) in [4.78, 5) is 17.5. The summed E-state index contributed by atoms with van der Waals surface area (Å²) >= 11 is 0. The van der Waals surface area contributed by atoms with E-state index in [1.807, 2.05) is 17.7 Å². The lowest BCUT2D eigenvalue weighted by Crippen LogP contribution is -2.42. The van der Waals surface area contributed by atoms with Crippen molar-refractivity contribution in [1.82, 2.24) is 24.6 Å². The number of hydrogen-bond donors (Lipinski definition) is 1. The third-order valence-corrected chi connectivity index (χ3v) is 5.04. The number of rotatable bonds is 3. The Hall–Kier alpha value is -2.11.